The second-order valence-electron chi connectivity index (χ2n) is 3.92. The Morgan fingerprint density at radius 1 is 1.40 bits per heavy atom. The minimum absolute atomic E-state index is 0.260. The van der Waals surface area contributed by atoms with Crippen LogP contribution in [0.25, 0.3) is 0 Å². The van der Waals surface area contributed by atoms with Crippen molar-refractivity contribution in [2.24, 2.45) is 5.73 Å². The zero-order chi connectivity index (χ0) is 14.4. The zero-order valence-corrected chi connectivity index (χ0v) is 11.9. The Labute approximate surface area is 121 Å². The molecule has 1 aromatic heterocycles. The Bertz CT molecular complexity index is 585. The lowest BCUT2D eigenvalue weighted by Gasteiger charge is -2.08. The fraction of sp³-hybridized carbons (Fsp3) is 0.308. The molecular formula is C13H16N4O2S. The lowest BCUT2D eigenvalue weighted by Crippen LogP contribution is -2.13. The van der Waals surface area contributed by atoms with Crippen molar-refractivity contribution >= 4 is 22.4 Å². The average Bonchev–Trinajstić information content (AvgIpc) is 2.87. The number of carbonyl (C=O) groups is 1. The first-order chi connectivity index (χ1) is 9.74. The first-order valence-corrected chi connectivity index (χ1v) is 7.12. The predicted octanol–water partition coefficient (Wildman–Crippen LogP) is 1.69. The van der Waals surface area contributed by atoms with Gasteiger partial charge in [-0.2, -0.15) is 0 Å². The van der Waals surface area contributed by atoms with Crippen molar-refractivity contribution in [2.45, 2.75) is 13.3 Å². The van der Waals surface area contributed by atoms with Crippen molar-refractivity contribution in [2.75, 3.05) is 18.5 Å². The van der Waals surface area contributed by atoms with Gasteiger partial charge in [-0.3, -0.25) is 10.1 Å². The molecule has 2 aromatic rings. The summed E-state index contributed by atoms with van der Waals surface area (Å²) >= 11 is 1.32. The third-order valence-corrected chi connectivity index (χ3v) is 3.38. The van der Waals surface area contributed by atoms with Crippen LogP contribution in [0.4, 0.5) is 5.13 Å². The van der Waals surface area contributed by atoms with E-state index in [1.807, 2.05) is 13.0 Å². The Hall–Kier alpha value is -1.99. The van der Waals surface area contributed by atoms with Gasteiger partial charge in [-0.25, -0.2) is 0 Å². The maximum absolute atomic E-state index is 12.2. The van der Waals surface area contributed by atoms with Gasteiger partial charge in [0.05, 0.1) is 12.2 Å². The van der Waals surface area contributed by atoms with Crippen molar-refractivity contribution in [3.63, 3.8) is 0 Å². The molecule has 0 unspecified atom stereocenters. The van der Waals surface area contributed by atoms with Crippen LogP contribution in [0.3, 0.4) is 0 Å². The van der Waals surface area contributed by atoms with E-state index in [0.29, 0.717) is 36.0 Å². The van der Waals surface area contributed by atoms with Gasteiger partial charge in [-0.15, -0.1) is 10.2 Å². The summed E-state index contributed by atoms with van der Waals surface area (Å²) in [5.41, 5.74) is 5.93. The van der Waals surface area contributed by atoms with Crippen LogP contribution in [0.15, 0.2) is 24.3 Å². The summed E-state index contributed by atoms with van der Waals surface area (Å²) in [4.78, 5) is 12.2. The summed E-state index contributed by atoms with van der Waals surface area (Å²) in [7, 11) is 0. The van der Waals surface area contributed by atoms with E-state index in [-0.39, 0.29) is 5.91 Å². The average molecular weight is 292 g/mol. The molecule has 1 heterocycles. The minimum Gasteiger partial charge on any atom is -0.493 e. The molecule has 7 heteroatoms. The fourth-order valence-corrected chi connectivity index (χ4v) is 2.38. The number of amides is 1. The highest BCUT2D eigenvalue weighted by Crippen LogP contribution is 2.21. The van der Waals surface area contributed by atoms with Crippen LogP contribution in [-0.4, -0.2) is 29.3 Å². The number of aromatic nitrogens is 2. The number of hydrogen-bond donors (Lipinski definition) is 2. The number of nitrogens with one attached hydrogen (secondary N) is 1. The maximum atomic E-state index is 12.2. The van der Waals surface area contributed by atoms with Crippen molar-refractivity contribution in [1.82, 2.24) is 10.2 Å². The molecule has 3 N–H and O–H groups in total. The van der Waals surface area contributed by atoms with E-state index in [9.17, 15) is 4.79 Å². The van der Waals surface area contributed by atoms with Crippen LogP contribution in [0.5, 0.6) is 5.75 Å². The smallest absolute Gasteiger partial charge is 0.261 e. The second kappa shape index (κ2) is 6.97. The summed E-state index contributed by atoms with van der Waals surface area (Å²) in [6.45, 7) is 2.89. The first-order valence-electron chi connectivity index (χ1n) is 6.30. The number of nitrogens with two attached hydrogens (primary N) is 1. The molecule has 0 saturated carbocycles. The number of ether oxygens (including phenoxy) is 1. The van der Waals surface area contributed by atoms with Gasteiger partial charge in [0.25, 0.3) is 5.91 Å². The van der Waals surface area contributed by atoms with Crippen molar-refractivity contribution in [1.29, 1.82) is 0 Å². The van der Waals surface area contributed by atoms with Crippen molar-refractivity contribution < 1.29 is 9.53 Å². The van der Waals surface area contributed by atoms with Gasteiger partial charge in [0.1, 0.15) is 10.8 Å². The van der Waals surface area contributed by atoms with Gasteiger partial charge in [0, 0.05) is 6.42 Å². The number of rotatable bonds is 6. The molecule has 0 spiro atoms. The highest BCUT2D eigenvalue weighted by Gasteiger charge is 2.14. The Balaban J connectivity index is 2.11. The quantitative estimate of drug-likeness (QED) is 0.845. The van der Waals surface area contributed by atoms with Crippen LogP contribution in [0.2, 0.25) is 0 Å². The number of carbonyl (C=O) groups excluding carboxylic acids is 1. The molecule has 106 valence electrons. The molecule has 0 radical (unpaired) electrons. The maximum Gasteiger partial charge on any atom is 0.261 e. The minimum atomic E-state index is -0.260. The van der Waals surface area contributed by atoms with Crippen LogP contribution < -0.4 is 15.8 Å². The van der Waals surface area contributed by atoms with Gasteiger partial charge in [-0.1, -0.05) is 23.5 Å². The van der Waals surface area contributed by atoms with E-state index in [0.717, 1.165) is 5.01 Å². The summed E-state index contributed by atoms with van der Waals surface area (Å²) < 4.78 is 5.43. The number of anilines is 1. The monoisotopic (exact) mass is 292 g/mol. The molecule has 1 amide bonds. The van der Waals surface area contributed by atoms with Gasteiger partial charge in [0.15, 0.2) is 0 Å². The third kappa shape index (κ3) is 3.52. The van der Waals surface area contributed by atoms with Gasteiger partial charge < -0.3 is 10.5 Å². The zero-order valence-electron chi connectivity index (χ0n) is 11.1. The number of benzene rings is 1. The molecular weight excluding hydrogens is 276 g/mol. The van der Waals surface area contributed by atoms with E-state index < -0.39 is 0 Å². The van der Waals surface area contributed by atoms with E-state index in [1.54, 1.807) is 18.2 Å². The molecule has 20 heavy (non-hydrogen) atoms. The molecule has 0 aliphatic carbocycles. The van der Waals surface area contributed by atoms with Crippen LogP contribution >= 0.6 is 11.3 Å². The number of nitrogens with zero attached hydrogens (tertiary/aromatic N) is 2. The lowest BCUT2D eigenvalue weighted by molar-refractivity contribution is 0.102. The number of para-hydroxylation sites is 1. The first kappa shape index (κ1) is 14.4. The van der Waals surface area contributed by atoms with Gasteiger partial charge in [-0.05, 0) is 25.6 Å². The highest BCUT2D eigenvalue weighted by atomic mass is 32.1. The van der Waals surface area contributed by atoms with Crippen LogP contribution in [0.1, 0.15) is 22.3 Å². The largest absolute Gasteiger partial charge is 0.493 e. The standard InChI is InChI=1S/C13H16N4O2S/c1-2-19-10-6-4-3-5-9(10)12(18)15-13-17-16-11(20-13)7-8-14/h3-6H,2,7-8,14H2,1H3,(H,15,17,18). The molecule has 0 aliphatic heterocycles. The second-order valence-corrected chi connectivity index (χ2v) is 4.98. The molecule has 6 nitrogen and oxygen atoms in total. The van der Waals surface area contributed by atoms with Gasteiger partial charge in [0.2, 0.25) is 5.13 Å². The molecule has 0 aliphatic rings. The van der Waals surface area contributed by atoms with E-state index in [1.165, 1.54) is 11.3 Å². The third-order valence-electron chi connectivity index (χ3n) is 2.48. The van der Waals surface area contributed by atoms with Crippen molar-refractivity contribution in [3.8, 4) is 5.75 Å². The predicted molar refractivity (Wildman–Crippen MR) is 78.2 cm³/mol. The topological polar surface area (TPSA) is 90.1 Å². The summed E-state index contributed by atoms with van der Waals surface area (Å²) in [6, 6.07) is 7.09. The molecule has 1 aromatic carbocycles. The van der Waals surface area contributed by atoms with E-state index in [2.05, 4.69) is 15.5 Å². The number of hydrogen-bond acceptors (Lipinski definition) is 6. The highest BCUT2D eigenvalue weighted by molar-refractivity contribution is 7.15. The molecule has 0 saturated heterocycles. The van der Waals surface area contributed by atoms with Gasteiger partial charge >= 0.3 is 0 Å². The van der Waals surface area contributed by atoms with Crippen LogP contribution in [-0.2, 0) is 6.42 Å². The Morgan fingerprint density at radius 2 is 2.20 bits per heavy atom. The SMILES string of the molecule is CCOc1ccccc1C(=O)Nc1nnc(CCN)s1. The van der Waals surface area contributed by atoms with Crippen LogP contribution in [0, 0.1) is 0 Å². The summed E-state index contributed by atoms with van der Waals surface area (Å²) in [6.07, 6.45) is 0.656. The summed E-state index contributed by atoms with van der Waals surface area (Å²) in [5, 5.41) is 11.9. The molecule has 0 bridgehead atoms. The Morgan fingerprint density at radius 3 is 2.95 bits per heavy atom. The van der Waals surface area contributed by atoms with Crippen molar-refractivity contribution in [3.05, 3.63) is 34.8 Å². The normalized spacial score (nSPS) is 10.3. The molecule has 0 atom stereocenters. The molecule has 0 fully saturated rings. The van der Waals surface area contributed by atoms with E-state index in [4.69, 9.17) is 10.5 Å². The fourth-order valence-electron chi connectivity index (χ4n) is 1.63. The summed E-state index contributed by atoms with van der Waals surface area (Å²) in [5.74, 6) is 0.295. The molecule has 2 rings (SSSR count). The lowest BCUT2D eigenvalue weighted by atomic mass is 10.2. The van der Waals surface area contributed by atoms with E-state index >= 15 is 0 Å². The Kier molecular flexibility index (Phi) is 5.03.